The fraction of sp³-hybridized carbons (Fsp3) is 0. The van der Waals surface area contributed by atoms with Crippen molar-refractivity contribution in [2.75, 3.05) is 0 Å². The zero-order valence-corrected chi connectivity index (χ0v) is 9.97. The fourth-order valence-electron chi connectivity index (χ4n) is 0. The normalized spacial score (nSPS) is 0. The third kappa shape index (κ3) is 48.2. The zero-order chi connectivity index (χ0) is 0. The van der Waals surface area contributed by atoms with Crippen molar-refractivity contribution in [3.63, 3.8) is 0 Å². The van der Waals surface area contributed by atoms with Gasteiger partial charge >= 0.3 is 0 Å². The molecule has 0 amide bonds. The van der Waals surface area contributed by atoms with Crippen molar-refractivity contribution in [1.29, 1.82) is 0 Å². The van der Waals surface area contributed by atoms with Crippen molar-refractivity contribution in [2.24, 2.45) is 0 Å². The third-order valence-corrected chi connectivity index (χ3v) is 0. The molecule has 0 spiro atoms. The Morgan fingerprint density at radius 2 is 0.286 bits per heavy atom. The number of rotatable bonds is 0. The van der Waals surface area contributed by atoms with Crippen LogP contribution in [0.25, 0.3) is 0 Å². The summed E-state index contributed by atoms with van der Waals surface area (Å²) < 4.78 is 0. The van der Waals surface area contributed by atoms with Gasteiger partial charge in [0.2, 0.25) is 0 Å². The Balaban J connectivity index is 0. The molecule has 0 fully saturated rings. The van der Waals surface area contributed by atoms with E-state index in [1.807, 2.05) is 0 Å². The van der Waals surface area contributed by atoms with Gasteiger partial charge in [-0.1, -0.05) is 0 Å². The number of hydrogen-bond donors (Lipinski definition) is 0. The molecule has 0 aliphatic heterocycles. The monoisotopic (exact) mass is 374 g/mol. The van der Waals surface area contributed by atoms with Crippen LogP contribution in [-0.2, 0) is 0 Å². The molecule has 0 aliphatic rings. The second kappa shape index (κ2) is 62.8. The van der Waals surface area contributed by atoms with Crippen molar-refractivity contribution in [2.45, 2.75) is 0 Å². The molecule has 0 saturated carbocycles. The molecule has 0 aromatic carbocycles. The molecule has 0 aliphatic carbocycles. The first kappa shape index (κ1) is 88.1. The molecule has 0 radical (unpaired) electrons. The topological polar surface area (TPSA) is 0 Å². The number of hydrogen-bond acceptors (Lipinski definition) is 0. The maximum atomic E-state index is 0. The van der Waals surface area contributed by atoms with Crippen LogP contribution in [0.5, 0.6) is 0 Å². The van der Waals surface area contributed by atoms with Crippen LogP contribution in [-0.4, -0.2) is 0 Å². The van der Waals surface area contributed by atoms with Crippen molar-refractivity contribution < 1.29 is 39.9 Å². The average Bonchev–Trinajstić information content (AvgIpc) is 0. The Morgan fingerprint density at radius 1 is 0.286 bits per heavy atom. The third-order valence-electron chi connectivity index (χ3n) is 0. The van der Waals surface area contributed by atoms with Gasteiger partial charge in [0.15, 0.2) is 0 Å². The fourth-order valence-corrected chi connectivity index (χ4v) is 0. The Labute approximate surface area is 112 Å². The summed E-state index contributed by atoms with van der Waals surface area (Å²) in [5.74, 6) is 0. The van der Waals surface area contributed by atoms with E-state index in [1.54, 1.807) is 0 Å². The summed E-state index contributed by atoms with van der Waals surface area (Å²) in [7, 11) is 0. The van der Waals surface area contributed by atoms with Crippen molar-refractivity contribution >= 4 is 74.4 Å². The van der Waals surface area contributed by atoms with Gasteiger partial charge in [0, 0.05) is 39.9 Å². The largest absolute Gasteiger partial charge is 0.147 e. The minimum atomic E-state index is 0. The van der Waals surface area contributed by atoms with E-state index in [9.17, 15) is 0 Å². The smallest absolute Gasteiger partial charge is 0 e. The van der Waals surface area contributed by atoms with E-state index >= 15 is 0 Å². The van der Waals surface area contributed by atoms with Crippen molar-refractivity contribution in [3.05, 3.63) is 0 Å². The molecule has 0 aromatic heterocycles. The van der Waals surface area contributed by atoms with Gasteiger partial charge in [-0.05, 0) is 0 Å². The predicted octanol–water partition coefficient (Wildman–Crippen LogP) is 2.53. The first-order chi connectivity index (χ1) is 0. The van der Waals surface area contributed by atoms with Gasteiger partial charge in [0.1, 0.15) is 0 Å². The summed E-state index contributed by atoms with van der Waals surface area (Å²) in [6.07, 6.45) is 0. The SMILES string of the molecule is Cl.Cl.Cl.Cl.Cl.Cl.[Gd]. The summed E-state index contributed by atoms with van der Waals surface area (Å²) in [5.41, 5.74) is 0. The molecule has 0 aromatic rings. The maximum absolute atomic E-state index is 0. The molecule has 56 valence electrons. The Bertz CT molecular complexity index is 4.14. The maximum Gasteiger partial charge on any atom is 0 e. The molecular formula is H6Cl6Gd. The quantitative estimate of drug-likeness (QED) is 0.610. The second-order valence-electron chi connectivity index (χ2n) is 0. The molecule has 0 bridgehead atoms. The van der Waals surface area contributed by atoms with Gasteiger partial charge in [-0.2, -0.15) is 0 Å². The van der Waals surface area contributed by atoms with Crippen molar-refractivity contribution in [3.8, 4) is 0 Å². The van der Waals surface area contributed by atoms with Gasteiger partial charge in [0.25, 0.3) is 0 Å². The Kier molecular flexibility index (Phi) is 790. The van der Waals surface area contributed by atoms with Crippen LogP contribution in [0.1, 0.15) is 0 Å². The van der Waals surface area contributed by atoms with Crippen LogP contribution in [0.15, 0.2) is 0 Å². The summed E-state index contributed by atoms with van der Waals surface area (Å²) in [5, 5.41) is 0. The van der Waals surface area contributed by atoms with E-state index in [0.29, 0.717) is 0 Å². The molecule has 0 nitrogen and oxygen atoms in total. The molecule has 0 heterocycles. The van der Waals surface area contributed by atoms with Crippen LogP contribution in [0, 0.1) is 39.9 Å². The van der Waals surface area contributed by atoms with Gasteiger partial charge in [-0.25, -0.2) is 0 Å². The minimum absolute atomic E-state index is 0. The van der Waals surface area contributed by atoms with Crippen molar-refractivity contribution in [1.82, 2.24) is 0 Å². The molecule has 0 atom stereocenters. The molecule has 7 heavy (non-hydrogen) atoms. The first-order valence-corrected chi connectivity index (χ1v) is 0. The number of halogens is 6. The van der Waals surface area contributed by atoms with Crippen LogP contribution >= 0.6 is 74.4 Å². The molecule has 0 N–H and O–H groups in total. The summed E-state index contributed by atoms with van der Waals surface area (Å²) in [6.45, 7) is 0. The molecule has 0 unspecified atom stereocenters. The van der Waals surface area contributed by atoms with Crippen LogP contribution in [0.3, 0.4) is 0 Å². The van der Waals surface area contributed by atoms with E-state index < -0.39 is 0 Å². The van der Waals surface area contributed by atoms with Crippen LogP contribution in [0.2, 0.25) is 0 Å². The standard InChI is InChI=1S/6ClH.Gd/h6*1H;. The van der Waals surface area contributed by atoms with Crippen LogP contribution in [0.4, 0.5) is 0 Å². The van der Waals surface area contributed by atoms with E-state index in [1.165, 1.54) is 0 Å². The molecular weight excluding hydrogens is 370 g/mol. The average molecular weight is 376 g/mol. The zero-order valence-electron chi connectivity index (χ0n) is 2.80. The second-order valence-corrected chi connectivity index (χ2v) is 0. The summed E-state index contributed by atoms with van der Waals surface area (Å²) >= 11 is 0. The van der Waals surface area contributed by atoms with Gasteiger partial charge in [0.05, 0.1) is 0 Å². The van der Waals surface area contributed by atoms with Crippen LogP contribution < -0.4 is 0 Å². The summed E-state index contributed by atoms with van der Waals surface area (Å²) in [4.78, 5) is 0. The summed E-state index contributed by atoms with van der Waals surface area (Å²) in [6, 6.07) is 0. The van der Waals surface area contributed by atoms with Gasteiger partial charge in [-0.15, -0.1) is 74.4 Å². The Hall–Kier alpha value is 3.06. The predicted molar refractivity (Wildman–Crippen MR) is 43.5 cm³/mol. The molecule has 7 heteroatoms. The minimum Gasteiger partial charge on any atom is -0.147 e. The molecule has 0 rings (SSSR count). The van der Waals surface area contributed by atoms with E-state index in [0.717, 1.165) is 0 Å². The van der Waals surface area contributed by atoms with Gasteiger partial charge in [-0.3, -0.25) is 0 Å². The Morgan fingerprint density at radius 3 is 0.286 bits per heavy atom. The van der Waals surface area contributed by atoms with E-state index in [-0.39, 0.29) is 114 Å². The van der Waals surface area contributed by atoms with E-state index in [2.05, 4.69) is 0 Å². The first-order valence-electron chi connectivity index (χ1n) is 0. The van der Waals surface area contributed by atoms with Gasteiger partial charge < -0.3 is 0 Å². The molecule has 0 saturated heterocycles. The van der Waals surface area contributed by atoms with E-state index in [4.69, 9.17) is 0 Å².